The largest absolute Gasteiger partial charge is 0.383 e. The van der Waals surface area contributed by atoms with Gasteiger partial charge in [-0.15, -0.1) is 0 Å². The number of fused-ring (bicyclic) bond motifs is 1. The number of carbonyl (C=O) groups excluding carboxylic acids is 1. The van der Waals surface area contributed by atoms with Crippen LogP contribution in [0.3, 0.4) is 0 Å². The first-order valence-corrected chi connectivity index (χ1v) is 6.55. The molecule has 0 bridgehead atoms. The van der Waals surface area contributed by atoms with Crippen LogP contribution in [-0.4, -0.2) is 20.4 Å². The second kappa shape index (κ2) is 5.24. The molecule has 6 nitrogen and oxygen atoms in total. The summed E-state index contributed by atoms with van der Waals surface area (Å²) in [5.74, 6) is 0.864. The number of carbonyl (C=O) groups is 1. The highest BCUT2D eigenvalue weighted by Gasteiger charge is 2.11. The van der Waals surface area contributed by atoms with E-state index in [-0.39, 0.29) is 5.91 Å². The normalized spacial score (nSPS) is 10.7. The Balaban J connectivity index is 1.83. The molecule has 3 N–H and O–H groups in total. The lowest BCUT2D eigenvalue weighted by molar-refractivity contribution is 0.0945. The number of amides is 1. The number of aryl methyl sites for hydroxylation is 1. The Labute approximate surface area is 121 Å². The van der Waals surface area contributed by atoms with Crippen molar-refractivity contribution in [2.45, 2.75) is 6.54 Å². The minimum atomic E-state index is -0.268. The van der Waals surface area contributed by atoms with Crippen LogP contribution in [0.5, 0.6) is 0 Å². The van der Waals surface area contributed by atoms with Crippen molar-refractivity contribution in [3.8, 4) is 0 Å². The molecule has 0 radical (unpaired) electrons. The molecule has 0 atom stereocenters. The fraction of sp³-hybridized carbons (Fsp3) is 0.133. The Kier molecular flexibility index (Phi) is 3.27. The van der Waals surface area contributed by atoms with Gasteiger partial charge in [0.1, 0.15) is 17.3 Å². The Bertz CT molecular complexity index is 809. The van der Waals surface area contributed by atoms with Gasteiger partial charge >= 0.3 is 0 Å². The Morgan fingerprint density at radius 2 is 2.19 bits per heavy atom. The van der Waals surface area contributed by atoms with Crippen molar-refractivity contribution in [2.24, 2.45) is 7.05 Å². The van der Waals surface area contributed by atoms with Crippen molar-refractivity contribution in [2.75, 3.05) is 5.73 Å². The van der Waals surface area contributed by atoms with Crippen LogP contribution < -0.4 is 11.1 Å². The van der Waals surface area contributed by atoms with Crippen LogP contribution >= 0.6 is 0 Å². The number of hydrogen-bond donors (Lipinski definition) is 2. The molecule has 0 unspecified atom stereocenters. The van der Waals surface area contributed by atoms with Crippen LogP contribution in [-0.2, 0) is 13.6 Å². The maximum Gasteiger partial charge on any atom is 0.270 e. The van der Waals surface area contributed by atoms with Gasteiger partial charge in [0.15, 0.2) is 0 Å². The molecule has 3 aromatic rings. The van der Waals surface area contributed by atoms with E-state index in [1.807, 2.05) is 42.1 Å². The second-order valence-corrected chi connectivity index (χ2v) is 4.75. The highest BCUT2D eigenvalue weighted by Crippen LogP contribution is 2.19. The quantitative estimate of drug-likeness (QED) is 0.761. The van der Waals surface area contributed by atoms with E-state index in [0.29, 0.717) is 18.1 Å². The van der Waals surface area contributed by atoms with Crippen LogP contribution in [0.1, 0.15) is 16.3 Å². The lowest BCUT2D eigenvalue weighted by atomic mass is 10.1. The average Bonchev–Trinajstić information content (AvgIpc) is 2.90. The number of rotatable bonds is 3. The highest BCUT2D eigenvalue weighted by atomic mass is 16.1. The zero-order chi connectivity index (χ0) is 14.8. The topological polar surface area (TPSA) is 85.8 Å². The third kappa shape index (κ3) is 2.55. The summed E-state index contributed by atoms with van der Waals surface area (Å²) in [6.45, 7) is 0.344. The minimum absolute atomic E-state index is 0.268. The monoisotopic (exact) mass is 281 g/mol. The molecule has 2 aromatic heterocycles. The number of imidazole rings is 1. The van der Waals surface area contributed by atoms with E-state index in [2.05, 4.69) is 15.3 Å². The number of benzene rings is 1. The molecule has 0 aliphatic carbocycles. The summed E-state index contributed by atoms with van der Waals surface area (Å²) >= 11 is 0. The molecule has 1 amide bonds. The van der Waals surface area contributed by atoms with Gasteiger partial charge in [-0.05, 0) is 11.5 Å². The zero-order valence-corrected chi connectivity index (χ0v) is 11.6. The third-order valence-corrected chi connectivity index (χ3v) is 3.33. The first kappa shape index (κ1) is 13.1. The van der Waals surface area contributed by atoms with Crippen LogP contribution in [0, 0.1) is 0 Å². The standard InChI is InChI=1S/C15H15N5O/c1-20-7-6-17-13(20)9-18-15(21)12-8-10-4-2-3-5-11(10)14(16)19-12/h2-8H,9H2,1H3,(H2,16,19)(H,18,21). The van der Waals surface area contributed by atoms with Gasteiger partial charge in [-0.2, -0.15) is 0 Å². The first-order valence-electron chi connectivity index (χ1n) is 6.55. The molecule has 1 aromatic carbocycles. The molecule has 21 heavy (non-hydrogen) atoms. The summed E-state index contributed by atoms with van der Waals surface area (Å²) in [5.41, 5.74) is 6.21. The Morgan fingerprint density at radius 1 is 1.38 bits per heavy atom. The van der Waals surface area contributed by atoms with Crippen molar-refractivity contribution in [1.82, 2.24) is 19.9 Å². The molecule has 6 heteroatoms. The summed E-state index contributed by atoms with van der Waals surface area (Å²) in [7, 11) is 1.88. The predicted molar refractivity (Wildman–Crippen MR) is 80.5 cm³/mol. The number of hydrogen-bond acceptors (Lipinski definition) is 4. The second-order valence-electron chi connectivity index (χ2n) is 4.75. The number of nitrogens with two attached hydrogens (primary N) is 1. The van der Waals surface area contributed by atoms with E-state index in [4.69, 9.17) is 5.73 Å². The minimum Gasteiger partial charge on any atom is -0.383 e. The van der Waals surface area contributed by atoms with Crippen LogP contribution in [0.25, 0.3) is 10.8 Å². The van der Waals surface area contributed by atoms with Crippen molar-refractivity contribution in [3.63, 3.8) is 0 Å². The van der Waals surface area contributed by atoms with Gasteiger partial charge in [-0.25, -0.2) is 9.97 Å². The van der Waals surface area contributed by atoms with E-state index in [9.17, 15) is 4.79 Å². The summed E-state index contributed by atoms with van der Waals surface area (Å²) in [6.07, 6.45) is 3.52. The maximum atomic E-state index is 12.2. The summed E-state index contributed by atoms with van der Waals surface area (Å²) < 4.78 is 1.85. The lowest BCUT2D eigenvalue weighted by Gasteiger charge is -2.07. The van der Waals surface area contributed by atoms with E-state index >= 15 is 0 Å². The van der Waals surface area contributed by atoms with E-state index in [0.717, 1.165) is 16.6 Å². The SMILES string of the molecule is Cn1ccnc1CNC(=O)c1cc2ccccc2c(N)n1. The number of anilines is 1. The molecule has 0 spiro atoms. The number of nitrogens with one attached hydrogen (secondary N) is 1. The molecular weight excluding hydrogens is 266 g/mol. The predicted octanol–water partition coefficient (Wildman–Crippen LogP) is 1.48. The van der Waals surface area contributed by atoms with Gasteiger partial charge in [0.25, 0.3) is 5.91 Å². The van der Waals surface area contributed by atoms with Crippen molar-refractivity contribution in [3.05, 3.63) is 54.2 Å². The van der Waals surface area contributed by atoms with Crippen LogP contribution in [0.15, 0.2) is 42.7 Å². The number of pyridine rings is 1. The molecule has 0 saturated carbocycles. The van der Waals surface area contributed by atoms with Crippen molar-refractivity contribution in [1.29, 1.82) is 0 Å². The third-order valence-electron chi connectivity index (χ3n) is 3.33. The van der Waals surface area contributed by atoms with Crippen molar-refractivity contribution < 1.29 is 4.79 Å². The van der Waals surface area contributed by atoms with E-state index in [1.54, 1.807) is 12.3 Å². The fourth-order valence-corrected chi connectivity index (χ4v) is 2.16. The van der Waals surface area contributed by atoms with Crippen LogP contribution in [0.4, 0.5) is 5.82 Å². The van der Waals surface area contributed by atoms with Gasteiger partial charge in [-0.1, -0.05) is 24.3 Å². The number of aromatic nitrogens is 3. The summed E-state index contributed by atoms with van der Waals surface area (Å²) in [6, 6.07) is 9.31. The van der Waals surface area contributed by atoms with Gasteiger partial charge in [0.2, 0.25) is 0 Å². The molecule has 0 fully saturated rings. The molecule has 2 heterocycles. The Morgan fingerprint density at radius 3 is 2.95 bits per heavy atom. The summed E-state index contributed by atoms with van der Waals surface area (Å²) in [4.78, 5) is 20.5. The van der Waals surface area contributed by atoms with Gasteiger partial charge in [0.05, 0.1) is 6.54 Å². The van der Waals surface area contributed by atoms with Crippen LogP contribution in [0.2, 0.25) is 0 Å². The smallest absolute Gasteiger partial charge is 0.270 e. The lowest BCUT2D eigenvalue weighted by Crippen LogP contribution is -2.25. The molecule has 0 saturated heterocycles. The van der Waals surface area contributed by atoms with Gasteiger partial charge < -0.3 is 15.6 Å². The van der Waals surface area contributed by atoms with E-state index < -0.39 is 0 Å². The van der Waals surface area contributed by atoms with Gasteiger partial charge in [-0.3, -0.25) is 4.79 Å². The first-order chi connectivity index (χ1) is 10.1. The average molecular weight is 281 g/mol. The number of nitrogen functional groups attached to an aromatic ring is 1. The number of nitrogens with zero attached hydrogens (tertiary/aromatic N) is 3. The van der Waals surface area contributed by atoms with E-state index in [1.165, 1.54) is 0 Å². The van der Waals surface area contributed by atoms with Crippen molar-refractivity contribution >= 4 is 22.5 Å². The maximum absolute atomic E-state index is 12.2. The highest BCUT2D eigenvalue weighted by molar-refractivity contribution is 5.99. The molecule has 0 aliphatic heterocycles. The summed E-state index contributed by atoms with van der Waals surface area (Å²) in [5, 5.41) is 4.53. The fourth-order valence-electron chi connectivity index (χ4n) is 2.16. The molecular formula is C15H15N5O. The molecule has 3 rings (SSSR count). The molecule has 106 valence electrons. The van der Waals surface area contributed by atoms with Gasteiger partial charge in [0, 0.05) is 24.8 Å². The zero-order valence-electron chi connectivity index (χ0n) is 11.6. The molecule has 0 aliphatic rings. The Hall–Kier alpha value is -2.89.